The van der Waals surface area contributed by atoms with E-state index in [-0.39, 0.29) is 17.9 Å². The highest BCUT2D eigenvalue weighted by molar-refractivity contribution is 5.92. The lowest BCUT2D eigenvalue weighted by atomic mass is 9.85. The fourth-order valence-electron chi connectivity index (χ4n) is 1.79. The Kier molecular flexibility index (Phi) is 5.72. The minimum absolute atomic E-state index is 0.0138. The number of anilines is 1. The van der Waals surface area contributed by atoms with Crippen LogP contribution in [0.15, 0.2) is 18.2 Å². The van der Waals surface area contributed by atoms with Crippen LogP contribution >= 0.6 is 0 Å². The molecule has 0 aliphatic carbocycles. The van der Waals surface area contributed by atoms with E-state index in [1.807, 2.05) is 20.8 Å². The molecule has 2 amide bonds. The molecule has 6 nitrogen and oxygen atoms in total. The molecule has 1 rings (SSSR count). The van der Waals surface area contributed by atoms with Crippen molar-refractivity contribution >= 4 is 17.7 Å². The Hall–Kier alpha value is -2.08. The monoisotopic (exact) mass is 294 g/mol. The molecule has 0 heterocycles. The van der Waals surface area contributed by atoms with Crippen LogP contribution in [0.5, 0.6) is 5.75 Å². The summed E-state index contributed by atoms with van der Waals surface area (Å²) in [5, 5.41) is 5.18. The SMILES string of the molecule is CNC(=O)Oc1ccc(NC(=O)COC)c(C(C)(C)C)c1. The van der Waals surface area contributed by atoms with Gasteiger partial charge in [-0.05, 0) is 29.2 Å². The Morgan fingerprint density at radius 1 is 1.24 bits per heavy atom. The minimum Gasteiger partial charge on any atom is -0.410 e. The molecule has 0 bridgehead atoms. The Labute approximate surface area is 124 Å². The van der Waals surface area contributed by atoms with Gasteiger partial charge in [0.05, 0.1) is 0 Å². The largest absolute Gasteiger partial charge is 0.412 e. The van der Waals surface area contributed by atoms with Gasteiger partial charge < -0.3 is 20.1 Å². The van der Waals surface area contributed by atoms with Gasteiger partial charge in [0.1, 0.15) is 12.4 Å². The van der Waals surface area contributed by atoms with Gasteiger partial charge in [0.2, 0.25) is 5.91 Å². The first-order valence-corrected chi connectivity index (χ1v) is 6.61. The summed E-state index contributed by atoms with van der Waals surface area (Å²) in [5.74, 6) is 0.187. The van der Waals surface area contributed by atoms with E-state index in [0.29, 0.717) is 11.4 Å². The molecular formula is C15H22N2O4. The van der Waals surface area contributed by atoms with Gasteiger partial charge in [-0.15, -0.1) is 0 Å². The van der Waals surface area contributed by atoms with Crippen LogP contribution in [-0.2, 0) is 14.9 Å². The summed E-state index contributed by atoms with van der Waals surface area (Å²) in [6.45, 7) is 6.02. The van der Waals surface area contributed by atoms with Crippen LogP contribution in [0.2, 0.25) is 0 Å². The van der Waals surface area contributed by atoms with Crippen molar-refractivity contribution in [3.8, 4) is 5.75 Å². The topological polar surface area (TPSA) is 76.7 Å². The standard InChI is InChI=1S/C15H22N2O4/c1-15(2,3)11-8-10(21-14(19)16-4)6-7-12(11)17-13(18)9-20-5/h6-8H,9H2,1-5H3,(H,16,19)(H,17,18). The molecule has 0 saturated carbocycles. The lowest BCUT2D eigenvalue weighted by Crippen LogP contribution is -2.23. The lowest BCUT2D eigenvalue weighted by molar-refractivity contribution is -0.119. The van der Waals surface area contributed by atoms with Crippen molar-refractivity contribution in [2.45, 2.75) is 26.2 Å². The van der Waals surface area contributed by atoms with Gasteiger partial charge in [0.15, 0.2) is 0 Å². The molecule has 0 radical (unpaired) electrons. The fourth-order valence-corrected chi connectivity index (χ4v) is 1.79. The van der Waals surface area contributed by atoms with Crippen LogP contribution in [0, 0.1) is 0 Å². The Morgan fingerprint density at radius 3 is 2.43 bits per heavy atom. The molecular weight excluding hydrogens is 272 g/mol. The first-order chi connectivity index (χ1) is 9.77. The molecule has 0 unspecified atom stereocenters. The molecule has 116 valence electrons. The molecule has 6 heteroatoms. The molecule has 0 aromatic heterocycles. The summed E-state index contributed by atoms with van der Waals surface area (Å²) in [6.07, 6.45) is -0.536. The maximum atomic E-state index is 11.7. The fraction of sp³-hybridized carbons (Fsp3) is 0.467. The summed E-state index contributed by atoms with van der Waals surface area (Å²) in [4.78, 5) is 22.9. The third-order valence-electron chi connectivity index (χ3n) is 2.76. The number of ether oxygens (including phenoxy) is 2. The highest BCUT2D eigenvalue weighted by Crippen LogP contribution is 2.32. The quantitative estimate of drug-likeness (QED) is 0.893. The summed E-state index contributed by atoms with van der Waals surface area (Å²) >= 11 is 0. The normalized spacial score (nSPS) is 10.9. The van der Waals surface area contributed by atoms with Crippen LogP contribution in [0.1, 0.15) is 26.3 Å². The average molecular weight is 294 g/mol. The number of hydrogen-bond donors (Lipinski definition) is 2. The molecule has 0 saturated heterocycles. The van der Waals surface area contributed by atoms with E-state index in [1.54, 1.807) is 18.2 Å². The summed E-state index contributed by atoms with van der Waals surface area (Å²) in [6, 6.07) is 5.09. The summed E-state index contributed by atoms with van der Waals surface area (Å²) < 4.78 is 9.92. The molecule has 0 atom stereocenters. The highest BCUT2D eigenvalue weighted by Gasteiger charge is 2.20. The van der Waals surface area contributed by atoms with Gasteiger partial charge in [0.25, 0.3) is 0 Å². The van der Waals surface area contributed by atoms with E-state index >= 15 is 0 Å². The van der Waals surface area contributed by atoms with Crippen molar-refractivity contribution in [3.63, 3.8) is 0 Å². The highest BCUT2D eigenvalue weighted by atomic mass is 16.5. The Balaban J connectivity index is 3.08. The second kappa shape index (κ2) is 7.08. The number of benzene rings is 1. The zero-order chi connectivity index (χ0) is 16.0. The molecule has 0 fully saturated rings. The molecule has 21 heavy (non-hydrogen) atoms. The smallest absolute Gasteiger partial charge is 0.410 e. The second-order valence-electron chi connectivity index (χ2n) is 5.58. The summed E-state index contributed by atoms with van der Waals surface area (Å²) in [5.41, 5.74) is 1.32. The van der Waals surface area contributed by atoms with Crippen LogP contribution < -0.4 is 15.4 Å². The van der Waals surface area contributed by atoms with Crippen molar-refractivity contribution in [3.05, 3.63) is 23.8 Å². The van der Waals surface area contributed by atoms with Gasteiger partial charge in [0, 0.05) is 19.8 Å². The molecule has 1 aromatic rings. The van der Waals surface area contributed by atoms with E-state index in [2.05, 4.69) is 10.6 Å². The van der Waals surface area contributed by atoms with Crippen molar-refractivity contribution in [2.24, 2.45) is 0 Å². The number of carbonyl (C=O) groups is 2. The van der Waals surface area contributed by atoms with Crippen LogP contribution in [-0.4, -0.2) is 32.8 Å². The molecule has 0 aliphatic rings. The van der Waals surface area contributed by atoms with Crippen molar-refractivity contribution in [2.75, 3.05) is 26.1 Å². The predicted molar refractivity (Wildman–Crippen MR) is 80.7 cm³/mol. The van der Waals surface area contributed by atoms with Gasteiger partial charge in [-0.2, -0.15) is 0 Å². The zero-order valence-corrected chi connectivity index (χ0v) is 13.1. The first-order valence-electron chi connectivity index (χ1n) is 6.61. The van der Waals surface area contributed by atoms with E-state index in [1.165, 1.54) is 14.2 Å². The number of nitrogens with one attached hydrogen (secondary N) is 2. The summed E-state index contributed by atoms with van der Waals surface area (Å²) in [7, 11) is 2.96. The molecule has 1 aromatic carbocycles. The van der Waals surface area contributed by atoms with Gasteiger partial charge in [-0.3, -0.25) is 4.79 Å². The van der Waals surface area contributed by atoms with Crippen LogP contribution in [0.3, 0.4) is 0 Å². The molecule has 0 spiro atoms. The zero-order valence-electron chi connectivity index (χ0n) is 13.1. The molecule has 2 N–H and O–H groups in total. The van der Waals surface area contributed by atoms with Crippen molar-refractivity contribution in [1.82, 2.24) is 5.32 Å². The van der Waals surface area contributed by atoms with Gasteiger partial charge in [-0.1, -0.05) is 20.8 Å². The number of amides is 2. The average Bonchev–Trinajstić information content (AvgIpc) is 2.39. The number of carbonyl (C=O) groups excluding carboxylic acids is 2. The number of hydrogen-bond acceptors (Lipinski definition) is 4. The predicted octanol–water partition coefficient (Wildman–Crippen LogP) is 2.29. The third kappa shape index (κ3) is 5.07. The van der Waals surface area contributed by atoms with E-state index in [4.69, 9.17) is 9.47 Å². The maximum Gasteiger partial charge on any atom is 0.412 e. The van der Waals surface area contributed by atoms with E-state index in [9.17, 15) is 9.59 Å². The van der Waals surface area contributed by atoms with Crippen molar-refractivity contribution < 1.29 is 19.1 Å². The second-order valence-corrected chi connectivity index (χ2v) is 5.58. The maximum absolute atomic E-state index is 11.7. The lowest BCUT2D eigenvalue weighted by Gasteiger charge is -2.23. The van der Waals surface area contributed by atoms with Gasteiger partial charge in [-0.25, -0.2) is 4.79 Å². The Bertz CT molecular complexity index is 521. The molecule has 0 aliphatic heterocycles. The number of rotatable bonds is 4. The number of methoxy groups -OCH3 is 1. The van der Waals surface area contributed by atoms with Crippen molar-refractivity contribution in [1.29, 1.82) is 0 Å². The Morgan fingerprint density at radius 2 is 1.90 bits per heavy atom. The van der Waals surface area contributed by atoms with E-state index in [0.717, 1.165) is 5.56 Å². The van der Waals surface area contributed by atoms with Crippen LogP contribution in [0.25, 0.3) is 0 Å². The minimum atomic E-state index is -0.536. The first kappa shape index (κ1) is 17.0. The third-order valence-corrected chi connectivity index (χ3v) is 2.76. The van der Waals surface area contributed by atoms with E-state index < -0.39 is 6.09 Å². The van der Waals surface area contributed by atoms with Gasteiger partial charge >= 0.3 is 6.09 Å². The van der Waals surface area contributed by atoms with Crippen LogP contribution in [0.4, 0.5) is 10.5 Å².